The lowest BCUT2D eigenvalue weighted by Crippen LogP contribution is -2.62. The first-order valence-corrected chi connectivity index (χ1v) is 11.0. The Balaban J connectivity index is 1.63. The number of carbonyl (C=O) groups excluding carboxylic acids is 2. The van der Waals surface area contributed by atoms with Gasteiger partial charge in [0.05, 0.1) is 6.33 Å². The van der Waals surface area contributed by atoms with Crippen molar-refractivity contribution in [1.29, 1.82) is 0 Å². The number of ether oxygens (including phenoxy) is 1. The normalized spacial score (nSPS) is 12.8. The van der Waals surface area contributed by atoms with Crippen LogP contribution < -0.4 is 10.8 Å². The van der Waals surface area contributed by atoms with Gasteiger partial charge in [-0.1, -0.05) is 24.0 Å². The number of aromatic nitrogens is 2. The number of hydroxylamine groups is 1. The Bertz CT molecular complexity index is 1340. The van der Waals surface area contributed by atoms with Gasteiger partial charge in [0.15, 0.2) is 5.60 Å². The van der Waals surface area contributed by atoms with Crippen molar-refractivity contribution in [2.45, 2.75) is 31.5 Å². The van der Waals surface area contributed by atoms with Crippen LogP contribution in [0.4, 0.5) is 8.78 Å². The number of hydrogen-bond donors (Lipinski definition) is 3. The number of carbonyl (C=O) groups is 2. The molecule has 0 aliphatic heterocycles. The Hall–Kier alpha value is -4.51. The van der Waals surface area contributed by atoms with Crippen LogP contribution in [-0.4, -0.2) is 51.8 Å². The van der Waals surface area contributed by atoms with E-state index in [9.17, 15) is 18.4 Å². The molecule has 1 heterocycles. The van der Waals surface area contributed by atoms with Gasteiger partial charge >= 0.3 is 0 Å². The molecule has 8 nitrogen and oxygen atoms in total. The number of amides is 2. The highest BCUT2D eigenvalue weighted by Crippen LogP contribution is 2.24. The number of halogens is 2. The first kappa shape index (κ1) is 27.1. The van der Waals surface area contributed by atoms with Crippen molar-refractivity contribution in [2.75, 3.05) is 7.11 Å². The summed E-state index contributed by atoms with van der Waals surface area (Å²) in [5.41, 5.74) is 1.49. The molecule has 3 rings (SSSR count). The van der Waals surface area contributed by atoms with Gasteiger partial charge in [-0.05, 0) is 60.7 Å². The maximum atomic E-state index is 13.5. The number of benzene rings is 2. The largest absolute Gasteiger partial charge is 0.370 e. The third-order valence-corrected chi connectivity index (χ3v) is 5.60. The number of alkyl halides is 2. The zero-order valence-corrected chi connectivity index (χ0v) is 20.0. The molecule has 0 fully saturated rings. The van der Waals surface area contributed by atoms with Crippen LogP contribution in [0.1, 0.15) is 34.0 Å². The standard InChI is InChI=1S/C27H24F2N4O4/c1-27(37-2,26(28)29)23(25(35)32-36)31-24(34)22-13-11-20(12-14-22)6-4-3-5-19-7-9-21(10-8-19)17-33-16-15-30-18-33/h7-16,18,23,26,36H,17H2,1-2H3,(H,31,34)(H,32,35)/t23-,27?/m1/s1. The van der Waals surface area contributed by atoms with Gasteiger partial charge in [-0.2, -0.15) is 0 Å². The number of rotatable bonds is 8. The van der Waals surface area contributed by atoms with E-state index in [1.807, 2.05) is 35.0 Å². The predicted octanol–water partition coefficient (Wildman–Crippen LogP) is 2.61. The second-order valence-corrected chi connectivity index (χ2v) is 8.08. The van der Waals surface area contributed by atoms with Gasteiger partial charge in [0.25, 0.3) is 18.2 Å². The van der Waals surface area contributed by atoms with Crippen molar-refractivity contribution in [3.05, 3.63) is 89.5 Å². The quantitative estimate of drug-likeness (QED) is 0.248. The molecule has 0 radical (unpaired) electrons. The van der Waals surface area contributed by atoms with Gasteiger partial charge in [-0.3, -0.25) is 14.8 Å². The van der Waals surface area contributed by atoms with Crippen molar-refractivity contribution >= 4 is 11.8 Å². The van der Waals surface area contributed by atoms with E-state index in [0.29, 0.717) is 5.56 Å². The van der Waals surface area contributed by atoms with Gasteiger partial charge in [0, 0.05) is 42.7 Å². The zero-order valence-electron chi connectivity index (χ0n) is 20.0. The van der Waals surface area contributed by atoms with E-state index in [0.717, 1.165) is 31.7 Å². The molecule has 37 heavy (non-hydrogen) atoms. The lowest BCUT2D eigenvalue weighted by molar-refractivity contribution is -0.157. The second-order valence-electron chi connectivity index (χ2n) is 8.08. The maximum absolute atomic E-state index is 13.5. The SMILES string of the molecule is COC(C)(C(F)F)[C@H](NC(=O)c1ccc(C#CC#Cc2ccc(Cn3ccnc3)cc2)cc1)C(=O)NO. The molecule has 0 aliphatic carbocycles. The van der Waals surface area contributed by atoms with E-state index in [4.69, 9.17) is 9.94 Å². The number of hydrogen-bond acceptors (Lipinski definition) is 5. The lowest BCUT2D eigenvalue weighted by atomic mass is 9.95. The zero-order chi connectivity index (χ0) is 26.8. The average molecular weight is 507 g/mol. The minimum atomic E-state index is -3.13. The molecule has 3 aromatic rings. The summed E-state index contributed by atoms with van der Waals surface area (Å²) in [5, 5.41) is 11.1. The van der Waals surface area contributed by atoms with Crippen LogP contribution in [0.25, 0.3) is 0 Å². The molecule has 10 heteroatoms. The van der Waals surface area contributed by atoms with Gasteiger partial charge in [0.1, 0.15) is 6.04 Å². The average Bonchev–Trinajstić information content (AvgIpc) is 3.43. The third kappa shape index (κ3) is 7.01. The molecule has 0 bridgehead atoms. The van der Waals surface area contributed by atoms with Crippen LogP contribution in [0.2, 0.25) is 0 Å². The fourth-order valence-electron chi connectivity index (χ4n) is 3.28. The van der Waals surface area contributed by atoms with Gasteiger partial charge in [0.2, 0.25) is 0 Å². The van der Waals surface area contributed by atoms with Crippen LogP contribution in [0.3, 0.4) is 0 Å². The minimum Gasteiger partial charge on any atom is -0.370 e. The second kappa shape index (κ2) is 12.5. The fourth-order valence-corrected chi connectivity index (χ4v) is 3.28. The van der Waals surface area contributed by atoms with Crippen molar-refractivity contribution in [1.82, 2.24) is 20.3 Å². The molecule has 0 spiro atoms. The molecule has 2 aromatic carbocycles. The molecule has 0 saturated heterocycles. The van der Waals surface area contributed by atoms with Crippen molar-refractivity contribution in [3.63, 3.8) is 0 Å². The Morgan fingerprint density at radius 3 is 2.16 bits per heavy atom. The van der Waals surface area contributed by atoms with E-state index >= 15 is 0 Å². The summed E-state index contributed by atoms with van der Waals surface area (Å²) >= 11 is 0. The summed E-state index contributed by atoms with van der Waals surface area (Å²) < 4.78 is 33.8. The summed E-state index contributed by atoms with van der Waals surface area (Å²) in [6.07, 6.45) is 2.24. The Labute approximate surface area is 212 Å². The highest BCUT2D eigenvalue weighted by Gasteiger charge is 2.48. The van der Waals surface area contributed by atoms with E-state index in [2.05, 4.69) is 34.0 Å². The molecule has 2 atom stereocenters. The predicted molar refractivity (Wildman–Crippen MR) is 131 cm³/mol. The molecular formula is C27H24F2N4O4. The minimum absolute atomic E-state index is 0.0934. The number of nitrogens with zero attached hydrogens (tertiary/aromatic N) is 2. The summed E-state index contributed by atoms with van der Waals surface area (Å²) in [7, 11) is 0.977. The van der Waals surface area contributed by atoms with Crippen molar-refractivity contribution < 1.29 is 28.3 Å². The van der Waals surface area contributed by atoms with E-state index < -0.39 is 29.9 Å². The summed E-state index contributed by atoms with van der Waals surface area (Å²) in [6.45, 7) is 1.67. The summed E-state index contributed by atoms with van der Waals surface area (Å²) in [5.74, 6) is 9.27. The van der Waals surface area contributed by atoms with Gasteiger partial charge in [-0.15, -0.1) is 0 Å². The first-order chi connectivity index (χ1) is 17.8. The molecule has 190 valence electrons. The van der Waals surface area contributed by atoms with E-state index in [1.165, 1.54) is 17.6 Å². The lowest BCUT2D eigenvalue weighted by Gasteiger charge is -2.34. The molecule has 1 unspecified atom stereocenters. The highest BCUT2D eigenvalue weighted by molar-refractivity contribution is 5.97. The smallest absolute Gasteiger partial charge is 0.269 e. The fraction of sp³-hybridized carbons (Fsp3) is 0.222. The highest BCUT2D eigenvalue weighted by atomic mass is 19.3. The van der Waals surface area contributed by atoms with Crippen LogP contribution in [0, 0.1) is 23.7 Å². The number of nitrogens with one attached hydrogen (secondary N) is 2. The third-order valence-electron chi connectivity index (χ3n) is 5.60. The Morgan fingerprint density at radius 1 is 1.08 bits per heavy atom. The molecular weight excluding hydrogens is 482 g/mol. The molecule has 0 saturated carbocycles. The maximum Gasteiger partial charge on any atom is 0.269 e. The molecule has 3 N–H and O–H groups in total. The Kier molecular flexibility index (Phi) is 9.11. The topological polar surface area (TPSA) is 105 Å². The van der Waals surface area contributed by atoms with E-state index in [1.54, 1.807) is 24.7 Å². The summed E-state index contributed by atoms with van der Waals surface area (Å²) in [6, 6.07) is 11.9. The van der Waals surface area contributed by atoms with Crippen LogP contribution in [0.5, 0.6) is 0 Å². The van der Waals surface area contributed by atoms with Crippen LogP contribution in [-0.2, 0) is 16.1 Å². The van der Waals surface area contributed by atoms with Gasteiger partial charge in [-0.25, -0.2) is 19.2 Å². The number of imidazole rings is 1. The van der Waals surface area contributed by atoms with Gasteiger partial charge < -0.3 is 14.6 Å². The summed E-state index contributed by atoms with van der Waals surface area (Å²) in [4.78, 5) is 28.5. The van der Waals surface area contributed by atoms with Crippen molar-refractivity contribution in [3.8, 4) is 23.7 Å². The van der Waals surface area contributed by atoms with Crippen molar-refractivity contribution in [2.24, 2.45) is 0 Å². The molecule has 2 amide bonds. The number of methoxy groups -OCH3 is 1. The first-order valence-electron chi connectivity index (χ1n) is 11.0. The van der Waals surface area contributed by atoms with Crippen LogP contribution in [0.15, 0.2) is 67.3 Å². The monoisotopic (exact) mass is 506 g/mol. The molecule has 1 aromatic heterocycles. The van der Waals surface area contributed by atoms with Crippen LogP contribution >= 0.6 is 0 Å². The van der Waals surface area contributed by atoms with E-state index in [-0.39, 0.29) is 5.56 Å². The molecule has 0 aliphatic rings. The Morgan fingerprint density at radius 2 is 1.68 bits per heavy atom.